The van der Waals surface area contributed by atoms with Gasteiger partial charge in [-0.1, -0.05) is 17.7 Å². The molecule has 0 radical (unpaired) electrons. The lowest BCUT2D eigenvalue weighted by atomic mass is 9.95. The van der Waals surface area contributed by atoms with Crippen LogP contribution in [0.3, 0.4) is 0 Å². The number of aromatic nitrogens is 1. The molecule has 1 heterocycles. The number of halogens is 1. The van der Waals surface area contributed by atoms with E-state index in [2.05, 4.69) is 4.98 Å². The molecule has 1 unspecified atom stereocenters. The van der Waals surface area contributed by atoms with Crippen LogP contribution in [0, 0.1) is 6.92 Å². The molecule has 78 valence electrons. The molecule has 4 heteroatoms. The summed E-state index contributed by atoms with van der Waals surface area (Å²) in [5, 5.41) is 9.52. The third-order valence-electron chi connectivity index (χ3n) is 2.04. The van der Waals surface area contributed by atoms with Crippen LogP contribution >= 0.6 is 11.6 Å². The van der Waals surface area contributed by atoms with E-state index in [1.54, 1.807) is 13.1 Å². The van der Waals surface area contributed by atoms with Gasteiger partial charge >= 0.3 is 0 Å². The highest BCUT2D eigenvalue weighted by Gasteiger charge is 2.17. The van der Waals surface area contributed by atoms with E-state index < -0.39 is 5.54 Å². The highest BCUT2D eigenvalue weighted by molar-refractivity contribution is 6.30. The monoisotopic (exact) mass is 214 g/mol. The van der Waals surface area contributed by atoms with Crippen LogP contribution in [0.4, 0.5) is 0 Å². The van der Waals surface area contributed by atoms with Crippen molar-refractivity contribution in [2.24, 2.45) is 5.73 Å². The van der Waals surface area contributed by atoms with Crippen molar-refractivity contribution in [2.45, 2.75) is 25.8 Å². The topological polar surface area (TPSA) is 59.1 Å². The Morgan fingerprint density at radius 2 is 2.29 bits per heavy atom. The normalized spacial score (nSPS) is 15.2. The van der Waals surface area contributed by atoms with Crippen LogP contribution in [0.25, 0.3) is 0 Å². The van der Waals surface area contributed by atoms with Crippen LogP contribution in [-0.4, -0.2) is 22.2 Å². The quantitative estimate of drug-likeness (QED) is 0.746. The maximum Gasteiger partial charge on any atom is 0.131 e. The summed E-state index contributed by atoms with van der Waals surface area (Å²) in [6, 6.07) is 1.94. The average Bonchev–Trinajstić information content (AvgIpc) is 2.11. The summed E-state index contributed by atoms with van der Waals surface area (Å²) in [7, 11) is 0. The zero-order valence-corrected chi connectivity index (χ0v) is 9.17. The number of hydrogen-bond acceptors (Lipinski definition) is 3. The molecule has 0 saturated heterocycles. The second-order valence-electron chi connectivity index (χ2n) is 3.94. The average molecular weight is 215 g/mol. The Morgan fingerprint density at radius 1 is 1.64 bits per heavy atom. The van der Waals surface area contributed by atoms with Gasteiger partial charge in [0, 0.05) is 11.7 Å². The second kappa shape index (κ2) is 4.26. The minimum absolute atomic E-state index is 0.0470. The molecule has 1 aromatic rings. The Hall–Kier alpha value is -0.640. The molecule has 1 rings (SSSR count). The SMILES string of the molecule is Cc1cc(CC(C)(N)CO)cnc1Cl. The fourth-order valence-corrected chi connectivity index (χ4v) is 1.34. The first-order valence-corrected chi connectivity index (χ1v) is 4.83. The van der Waals surface area contributed by atoms with Crippen LogP contribution in [-0.2, 0) is 6.42 Å². The van der Waals surface area contributed by atoms with Crippen molar-refractivity contribution in [3.05, 3.63) is 28.5 Å². The van der Waals surface area contributed by atoms with Gasteiger partial charge < -0.3 is 10.8 Å². The largest absolute Gasteiger partial charge is 0.394 e. The number of pyridine rings is 1. The maximum absolute atomic E-state index is 9.01. The van der Waals surface area contributed by atoms with Gasteiger partial charge in [0.25, 0.3) is 0 Å². The van der Waals surface area contributed by atoms with Gasteiger partial charge in [-0.3, -0.25) is 0 Å². The Labute approximate surface area is 88.9 Å². The molecule has 3 N–H and O–H groups in total. The molecule has 1 aromatic heterocycles. The van der Waals surface area contributed by atoms with Crippen LogP contribution in [0.2, 0.25) is 5.15 Å². The number of rotatable bonds is 3. The van der Waals surface area contributed by atoms with Crippen LogP contribution in [0.15, 0.2) is 12.3 Å². The third-order valence-corrected chi connectivity index (χ3v) is 2.44. The molecule has 1 atom stereocenters. The molecule has 14 heavy (non-hydrogen) atoms. The second-order valence-corrected chi connectivity index (χ2v) is 4.30. The van der Waals surface area contributed by atoms with E-state index in [4.69, 9.17) is 22.4 Å². The zero-order valence-electron chi connectivity index (χ0n) is 8.42. The molecule has 0 amide bonds. The maximum atomic E-state index is 9.01. The molecule has 0 aliphatic carbocycles. The van der Waals surface area contributed by atoms with E-state index >= 15 is 0 Å². The Bertz CT molecular complexity index is 326. The van der Waals surface area contributed by atoms with Crippen molar-refractivity contribution in [3.8, 4) is 0 Å². The molecule has 0 aliphatic heterocycles. The van der Waals surface area contributed by atoms with Gasteiger partial charge in [0.05, 0.1) is 6.61 Å². The Morgan fingerprint density at radius 3 is 2.79 bits per heavy atom. The van der Waals surface area contributed by atoms with E-state index in [0.29, 0.717) is 11.6 Å². The van der Waals surface area contributed by atoms with Gasteiger partial charge in [-0.25, -0.2) is 4.98 Å². The summed E-state index contributed by atoms with van der Waals surface area (Å²) in [6.45, 7) is 3.65. The third kappa shape index (κ3) is 2.94. The summed E-state index contributed by atoms with van der Waals surface area (Å²) in [4.78, 5) is 4.03. The highest BCUT2D eigenvalue weighted by Crippen LogP contribution is 2.16. The number of nitrogens with zero attached hydrogens (tertiary/aromatic N) is 1. The predicted molar refractivity (Wildman–Crippen MR) is 57.4 cm³/mol. The smallest absolute Gasteiger partial charge is 0.131 e. The van der Waals surface area contributed by atoms with Gasteiger partial charge in [-0.05, 0) is 31.4 Å². The zero-order chi connectivity index (χ0) is 10.8. The van der Waals surface area contributed by atoms with Gasteiger partial charge in [0.2, 0.25) is 0 Å². The van der Waals surface area contributed by atoms with E-state index in [0.717, 1.165) is 11.1 Å². The van der Waals surface area contributed by atoms with Crippen molar-refractivity contribution in [3.63, 3.8) is 0 Å². The summed E-state index contributed by atoms with van der Waals surface area (Å²) in [5.41, 5.74) is 7.15. The van der Waals surface area contributed by atoms with E-state index in [1.165, 1.54) is 0 Å². The molecule has 0 aromatic carbocycles. The minimum atomic E-state index is -0.595. The first-order chi connectivity index (χ1) is 6.44. The van der Waals surface area contributed by atoms with Crippen LogP contribution in [0.1, 0.15) is 18.1 Å². The van der Waals surface area contributed by atoms with Crippen molar-refractivity contribution < 1.29 is 5.11 Å². The fraction of sp³-hybridized carbons (Fsp3) is 0.500. The number of aliphatic hydroxyl groups is 1. The van der Waals surface area contributed by atoms with Crippen molar-refractivity contribution in [1.29, 1.82) is 0 Å². The summed E-state index contributed by atoms with van der Waals surface area (Å²) < 4.78 is 0. The van der Waals surface area contributed by atoms with Gasteiger partial charge in [-0.15, -0.1) is 0 Å². The van der Waals surface area contributed by atoms with Crippen LogP contribution in [0.5, 0.6) is 0 Å². The van der Waals surface area contributed by atoms with E-state index in [9.17, 15) is 0 Å². The number of hydrogen-bond donors (Lipinski definition) is 2. The lowest BCUT2D eigenvalue weighted by Gasteiger charge is -2.21. The lowest BCUT2D eigenvalue weighted by Crippen LogP contribution is -2.42. The molecule has 0 saturated carbocycles. The number of nitrogens with two attached hydrogens (primary N) is 1. The van der Waals surface area contributed by atoms with Gasteiger partial charge in [0.1, 0.15) is 5.15 Å². The molecule has 3 nitrogen and oxygen atoms in total. The van der Waals surface area contributed by atoms with Crippen molar-refractivity contribution in [1.82, 2.24) is 4.98 Å². The Kier molecular flexibility index (Phi) is 3.48. The van der Waals surface area contributed by atoms with Gasteiger partial charge in [0.15, 0.2) is 0 Å². The lowest BCUT2D eigenvalue weighted by molar-refractivity contribution is 0.208. The first kappa shape index (κ1) is 11.4. The molecule has 0 aliphatic rings. The molecular weight excluding hydrogens is 200 g/mol. The standard InChI is InChI=1S/C10H15ClN2O/c1-7-3-8(5-13-9(7)11)4-10(2,12)6-14/h3,5,14H,4,6,12H2,1-2H3. The number of aliphatic hydroxyl groups excluding tert-OH is 1. The number of aryl methyl sites for hydroxylation is 1. The van der Waals surface area contributed by atoms with E-state index in [-0.39, 0.29) is 6.61 Å². The van der Waals surface area contributed by atoms with Crippen LogP contribution < -0.4 is 5.73 Å². The molecule has 0 spiro atoms. The summed E-state index contributed by atoms with van der Waals surface area (Å²) in [6.07, 6.45) is 2.28. The fourth-order valence-electron chi connectivity index (χ4n) is 1.24. The highest BCUT2D eigenvalue weighted by atomic mass is 35.5. The molecule has 0 fully saturated rings. The summed E-state index contributed by atoms with van der Waals surface area (Å²) >= 11 is 5.79. The van der Waals surface area contributed by atoms with Crippen molar-refractivity contribution >= 4 is 11.6 Å². The summed E-state index contributed by atoms with van der Waals surface area (Å²) in [5.74, 6) is 0. The first-order valence-electron chi connectivity index (χ1n) is 4.45. The Balaban J connectivity index is 2.83. The predicted octanol–water partition coefficient (Wildman–Crippen LogP) is 1.30. The molecular formula is C10H15ClN2O. The van der Waals surface area contributed by atoms with Gasteiger partial charge in [-0.2, -0.15) is 0 Å². The molecule has 0 bridgehead atoms. The minimum Gasteiger partial charge on any atom is -0.394 e. The van der Waals surface area contributed by atoms with Crippen molar-refractivity contribution in [2.75, 3.05) is 6.61 Å². The van der Waals surface area contributed by atoms with E-state index in [1.807, 2.05) is 13.0 Å².